The standard InChI is InChI=1S/C17H29NO10/c1-6(20)14-16(25-4)12(23)13(24)17(27-14)28-15-10(18-8(3)21)7(2)26-9(5-19)11(15)22/h7,9-17,19,22-24H,5H2,1-4H3,(H,18,21)/t7-,9?,10?,11+,12+,13?,14?,15+,16-,17-/m0/s1. The SMILES string of the molecule is CO[C@@H]1C(C(C)=O)O[C@@H](O[C@@H]2C(NC(C)=O)[C@H](C)OC(CO)[C@H]2O)C(O)[C@H]1O. The Kier molecular flexibility index (Phi) is 7.88. The van der Waals surface area contributed by atoms with Gasteiger partial charge < -0.3 is 44.7 Å². The number of hydrogen-bond donors (Lipinski definition) is 5. The molecule has 2 heterocycles. The van der Waals surface area contributed by atoms with E-state index in [1.165, 1.54) is 21.0 Å². The molecule has 2 aliphatic heterocycles. The molecule has 2 aliphatic rings. The highest BCUT2D eigenvalue weighted by Gasteiger charge is 2.51. The van der Waals surface area contributed by atoms with Gasteiger partial charge in [0.2, 0.25) is 5.91 Å². The summed E-state index contributed by atoms with van der Waals surface area (Å²) in [5.41, 5.74) is 0. The Balaban J connectivity index is 2.26. The van der Waals surface area contributed by atoms with Crippen LogP contribution in [0, 0.1) is 0 Å². The highest BCUT2D eigenvalue weighted by atomic mass is 16.7. The van der Waals surface area contributed by atoms with Crippen molar-refractivity contribution in [3.05, 3.63) is 0 Å². The van der Waals surface area contributed by atoms with Crippen LogP contribution in [-0.2, 0) is 28.5 Å². The summed E-state index contributed by atoms with van der Waals surface area (Å²) >= 11 is 0. The van der Waals surface area contributed by atoms with E-state index < -0.39 is 79.5 Å². The Morgan fingerprint density at radius 1 is 1.04 bits per heavy atom. The molecule has 4 unspecified atom stereocenters. The first-order chi connectivity index (χ1) is 13.1. The van der Waals surface area contributed by atoms with Crippen molar-refractivity contribution in [3.63, 3.8) is 0 Å². The molecule has 0 aromatic rings. The molecule has 0 spiro atoms. The Morgan fingerprint density at radius 3 is 2.18 bits per heavy atom. The number of carbonyl (C=O) groups is 2. The summed E-state index contributed by atoms with van der Waals surface area (Å²) < 4.78 is 21.8. The van der Waals surface area contributed by atoms with Crippen molar-refractivity contribution in [2.75, 3.05) is 13.7 Å². The zero-order valence-electron chi connectivity index (χ0n) is 16.2. The van der Waals surface area contributed by atoms with Gasteiger partial charge in [0, 0.05) is 14.0 Å². The van der Waals surface area contributed by atoms with Crippen molar-refractivity contribution in [3.8, 4) is 0 Å². The minimum Gasteiger partial charge on any atom is -0.394 e. The maximum atomic E-state index is 11.9. The van der Waals surface area contributed by atoms with Gasteiger partial charge in [0.15, 0.2) is 12.1 Å². The average molecular weight is 407 g/mol. The van der Waals surface area contributed by atoms with E-state index in [4.69, 9.17) is 18.9 Å². The molecule has 28 heavy (non-hydrogen) atoms. The van der Waals surface area contributed by atoms with E-state index in [-0.39, 0.29) is 0 Å². The first kappa shape index (κ1) is 23.1. The number of rotatable bonds is 6. The van der Waals surface area contributed by atoms with Crippen LogP contribution in [0.2, 0.25) is 0 Å². The lowest BCUT2D eigenvalue weighted by molar-refractivity contribution is -0.325. The molecule has 0 aromatic heterocycles. The zero-order chi connectivity index (χ0) is 21.2. The van der Waals surface area contributed by atoms with Crippen LogP contribution in [0.1, 0.15) is 20.8 Å². The highest BCUT2D eigenvalue weighted by Crippen LogP contribution is 2.30. The number of amides is 1. The van der Waals surface area contributed by atoms with Crippen molar-refractivity contribution in [2.24, 2.45) is 0 Å². The topological polar surface area (TPSA) is 164 Å². The third-order valence-electron chi connectivity index (χ3n) is 5.03. The molecule has 0 aliphatic carbocycles. The summed E-state index contributed by atoms with van der Waals surface area (Å²) in [7, 11) is 1.27. The van der Waals surface area contributed by atoms with Crippen LogP contribution < -0.4 is 5.32 Å². The van der Waals surface area contributed by atoms with Gasteiger partial charge in [-0.25, -0.2) is 0 Å². The lowest BCUT2D eigenvalue weighted by Gasteiger charge is -2.47. The number of ether oxygens (including phenoxy) is 4. The largest absolute Gasteiger partial charge is 0.394 e. The molecular formula is C17H29NO10. The van der Waals surface area contributed by atoms with Gasteiger partial charge in [0.1, 0.15) is 42.7 Å². The fourth-order valence-corrected chi connectivity index (χ4v) is 3.58. The second-order valence-electron chi connectivity index (χ2n) is 7.10. The van der Waals surface area contributed by atoms with Gasteiger partial charge in [0.25, 0.3) is 0 Å². The number of hydrogen-bond acceptors (Lipinski definition) is 10. The molecule has 11 nitrogen and oxygen atoms in total. The lowest BCUT2D eigenvalue weighted by atomic mass is 9.92. The predicted molar refractivity (Wildman–Crippen MR) is 92.1 cm³/mol. The summed E-state index contributed by atoms with van der Waals surface area (Å²) in [5.74, 6) is -0.853. The van der Waals surface area contributed by atoms with Crippen molar-refractivity contribution in [2.45, 2.75) is 81.9 Å². The second kappa shape index (κ2) is 9.55. The van der Waals surface area contributed by atoms with E-state index in [2.05, 4.69) is 5.32 Å². The van der Waals surface area contributed by atoms with Gasteiger partial charge in [-0.15, -0.1) is 0 Å². The van der Waals surface area contributed by atoms with Crippen LogP contribution in [-0.4, -0.2) is 107 Å². The fourth-order valence-electron chi connectivity index (χ4n) is 3.58. The van der Waals surface area contributed by atoms with Crippen LogP contribution in [0.4, 0.5) is 0 Å². The van der Waals surface area contributed by atoms with E-state index in [9.17, 15) is 30.0 Å². The number of methoxy groups -OCH3 is 1. The summed E-state index contributed by atoms with van der Waals surface area (Å²) in [6.45, 7) is 3.64. The van der Waals surface area contributed by atoms with Crippen LogP contribution >= 0.6 is 0 Å². The maximum absolute atomic E-state index is 11.9. The average Bonchev–Trinajstić information content (AvgIpc) is 2.63. The number of carbonyl (C=O) groups excluding carboxylic acids is 2. The summed E-state index contributed by atoms with van der Waals surface area (Å²) in [5, 5.41) is 43.2. The minimum atomic E-state index is -1.59. The molecule has 2 saturated heterocycles. The minimum absolute atomic E-state index is 0.407. The predicted octanol–water partition coefficient (Wildman–Crippen LogP) is -2.93. The summed E-state index contributed by atoms with van der Waals surface area (Å²) in [4.78, 5) is 23.4. The van der Waals surface area contributed by atoms with Crippen LogP contribution in [0.3, 0.4) is 0 Å². The van der Waals surface area contributed by atoms with Crippen LogP contribution in [0.5, 0.6) is 0 Å². The van der Waals surface area contributed by atoms with Crippen LogP contribution in [0.25, 0.3) is 0 Å². The fraction of sp³-hybridized carbons (Fsp3) is 0.882. The van der Waals surface area contributed by atoms with Gasteiger partial charge in [-0.2, -0.15) is 0 Å². The maximum Gasteiger partial charge on any atom is 0.217 e. The molecule has 162 valence electrons. The van der Waals surface area contributed by atoms with Gasteiger partial charge in [0.05, 0.1) is 18.8 Å². The Morgan fingerprint density at radius 2 is 1.68 bits per heavy atom. The quantitative estimate of drug-likeness (QED) is 0.308. The smallest absolute Gasteiger partial charge is 0.217 e. The summed E-state index contributed by atoms with van der Waals surface area (Å²) in [6, 6.07) is -0.834. The first-order valence-corrected chi connectivity index (χ1v) is 9.04. The van der Waals surface area contributed by atoms with E-state index in [0.717, 1.165) is 0 Å². The van der Waals surface area contributed by atoms with E-state index >= 15 is 0 Å². The van der Waals surface area contributed by atoms with Gasteiger partial charge >= 0.3 is 0 Å². The lowest BCUT2D eigenvalue weighted by Crippen LogP contribution is -2.67. The number of aliphatic hydroxyl groups is 4. The molecule has 5 N–H and O–H groups in total. The molecule has 0 bridgehead atoms. The van der Waals surface area contributed by atoms with Gasteiger partial charge in [-0.1, -0.05) is 0 Å². The molecular weight excluding hydrogens is 378 g/mol. The molecule has 11 heteroatoms. The summed E-state index contributed by atoms with van der Waals surface area (Å²) in [6.07, 6.45) is -11.0. The number of aliphatic hydroxyl groups excluding tert-OH is 4. The molecule has 2 fully saturated rings. The number of ketones is 1. The molecule has 1 amide bonds. The molecule has 0 aromatic carbocycles. The van der Waals surface area contributed by atoms with Gasteiger partial charge in [-0.3, -0.25) is 9.59 Å². The van der Waals surface area contributed by atoms with E-state index in [0.29, 0.717) is 0 Å². The Bertz CT molecular complexity index is 560. The van der Waals surface area contributed by atoms with Crippen LogP contribution in [0.15, 0.2) is 0 Å². The van der Waals surface area contributed by atoms with E-state index in [1.807, 2.05) is 0 Å². The highest BCUT2D eigenvalue weighted by molar-refractivity contribution is 5.81. The molecule has 10 atom stereocenters. The second-order valence-corrected chi connectivity index (χ2v) is 7.10. The monoisotopic (exact) mass is 407 g/mol. The first-order valence-electron chi connectivity index (χ1n) is 9.04. The number of Topliss-reactive ketones (excluding diaryl/α,β-unsaturated/α-hetero) is 1. The van der Waals surface area contributed by atoms with Gasteiger partial charge in [-0.05, 0) is 13.8 Å². The molecule has 2 rings (SSSR count). The molecule has 0 saturated carbocycles. The van der Waals surface area contributed by atoms with Crippen molar-refractivity contribution < 1.29 is 49.0 Å². The third kappa shape index (κ3) is 4.69. The normalized spacial score (nSPS) is 44.1. The molecule has 0 radical (unpaired) electrons. The van der Waals surface area contributed by atoms with Crippen molar-refractivity contribution in [1.82, 2.24) is 5.32 Å². The zero-order valence-corrected chi connectivity index (χ0v) is 16.2. The van der Waals surface area contributed by atoms with E-state index in [1.54, 1.807) is 6.92 Å². The Labute approximate surface area is 162 Å². The Hall–Kier alpha value is -1.18. The number of nitrogens with one attached hydrogen (secondary N) is 1. The third-order valence-corrected chi connectivity index (χ3v) is 5.03. The van der Waals surface area contributed by atoms with Crippen molar-refractivity contribution >= 4 is 11.7 Å². The van der Waals surface area contributed by atoms with Crippen molar-refractivity contribution in [1.29, 1.82) is 0 Å².